The predicted octanol–water partition coefficient (Wildman–Crippen LogP) is 3.42. The minimum atomic E-state index is 0.215. The summed E-state index contributed by atoms with van der Waals surface area (Å²) in [5, 5.41) is 0.730. The molecule has 0 radical (unpaired) electrons. The zero-order valence-corrected chi connectivity index (χ0v) is 8.64. The first-order valence-electron chi connectivity index (χ1n) is 4.34. The lowest BCUT2D eigenvalue weighted by molar-refractivity contribution is -0.117. The van der Waals surface area contributed by atoms with Gasteiger partial charge in [0, 0.05) is 11.4 Å². The molecule has 1 unspecified atom stereocenters. The van der Waals surface area contributed by atoms with Crippen LogP contribution in [0.25, 0.3) is 0 Å². The zero-order chi connectivity index (χ0) is 9.84. The van der Waals surface area contributed by atoms with Crippen LogP contribution in [-0.2, 0) is 4.79 Å². The summed E-state index contributed by atoms with van der Waals surface area (Å²) in [6.07, 6.45) is 0.584. The molecule has 0 bridgehead atoms. The van der Waals surface area contributed by atoms with E-state index in [2.05, 4.69) is 0 Å². The molecule has 13 heavy (non-hydrogen) atoms. The minimum absolute atomic E-state index is 0.215. The van der Waals surface area contributed by atoms with Crippen LogP contribution in [0.15, 0.2) is 24.3 Å². The van der Waals surface area contributed by atoms with Crippen molar-refractivity contribution in [3.8, 4) is 0 Å². The van der Waals surface area contributed by atoms with Gasteiger partial charge in [-0.15, -0.1) is 0 Å². The normalized spacial score (nSPS) is 12.5. The average Bonchev–Trinajstić information content (AvgIpc) is 2.03. The Morgan fingerprint density at radius 1 is 1.54 bits per heavy atom. The summed E-state index contributed by atoms with van der Waals surface area (Å²) < 4.78 is 0. The van der Waals surface area contributed by atoms with Crippen LogP contribution in [0.3, 0.4) is 0 Å². The van der Waals surface area contributed by atoms with Gasteiger partial charge in [-0.05, 0) is 30.5 Å². The molecule has 0 heterocycles. The van der Waals surface area contributed by atoms with Gasteiger partial charge in [0.15, 0.2) is 0 Å². The van der Waals surface area contributed by atoms with Crippen molar-refractivity contribution in [1.82, 2.24) is 0 Å². The van der Waals surface area contributed by atoms with Crippen molar-refractivity contribution in [3.63, 3.8) is 0 Å². The van der Waals surface area contributed by atoms with E-state index in [-0.39, 0.29) is 11.7 Å². The van der Waals surface area contributed by atoms with Gasteiger partial charge in [0.25, 0.3) is 0 Å². The van der Waals surface area contributed by atoms with Gasteiger partial charge in [0.2, 0.25) is 0 Å². The molecule has 0 aliphatic heterocycles. The molecule has 1 nitrogen and oxygen atoms in total. The lowest BCUT2D eigenvalue weighted by Gasteiger charge is -2.09. The molecule has 0 aromatic heterocycles. The fourth-order valence-corrected chi connectivity index (χ4v) is 1.56. The number of carbonyl (C=O) groups excluding carboxylic acids is 1. The number of rotatable bonds is 3. The highest BCUT2D eigenvalue weighted by atomic mass is 35.5. The Bertz CT molecular complexity index is 307. The monoisotopic (exact) mass is 196 g/mol. The number of hydrogen-bond acceptors (Lipinski definition) is 1. The molecule has 0 N–H and O–H groups in total. The molecule has 0 fully saturated rings. The molecule has 70 valence electrons. The van der Waals surface area contributed by atoms with Crippen LogP contribution >= 0.6 is 11.6 Å². The second kappa shape index (κ2) is 4.43. The lowest BCUT2D eigenvalue weighted by atomic mass is 9.96. The van der Waals surface area contributed by atoms with E-state index in [0.29, 0.717) is 6.42 Å². The molecule has 0 amide bonds. The van der Waals surface area contributed by atoms with E-state index < -0.39 is 0 Å². The van der Waals surface area contributed by atoms with Gasteiger partial charge in [-0.3, -0.25) is 0 Å². The summed E-state index contributed by atoms with van der Waals surface area (Å²) in [5.74, 6) is 0.476. The van der Waals surface area contributed by atoms with Crippen LogP contribution in [0.5, 0.6) is 0 Å². The Labute approximate surface area is 83.7 Å². The zero-order valence-electron chi connectivity index (χ0n) is 7.88. The number of halogens is 1. The van der Waals surface area contributed by atoms with Gasteiger partial charge in [-0.25, -0.2) is 0 Å². The van der Waals surface area contributed by atoms with Crippen LogP contribution in [0, 0.1) is 0 Å². The molecule has 1 aromatic rings. The molecule has 0 saturated carbocycles. The predicted molar refractivity (Wildman–Crippen MR) is 55.2 cm³/mol. The number of hydrogen-bond donors (Lipinski definition) is 0. The smallest absolute Gasteiger partial charge is 0.130 e. The van der Waals surface area contributed by atoms with E-state index in [4.69, 9.17) is 11.6 Å². The summed E-state index contributed by atoms with van der Waals surface area (Å²) in [4.78, 5) is 10.9. The molecule has 1 aromatic carbocycles. The van der Waals surface area contributed by atoms with Crippen LogP contribution in [0.2, 0.25) is 5.02 Å². The lowest BCUT2D eigenvalue weighted by Crippen LogP contribution is -1.99. The quantitative estimate of drug-likeness (QED) is 0.724. The maximum absolute atomic E-state index is 10.9. The van der Waals surface area contributed by atoms with Gasteiger partial charge in [-0.2, -0.15) is 0 Å². The first-order valence-corrected chi connectivity index (χ1v) is 4.72. The van der Waals surface area contributed by atoms with Crippen molar-refractivity contribution >= 4 is 17.4 Å². The Balaban J connectivity index is 2.76. The molecule has 0 saturated heterocycles. The number of benzene rings is 1. The molecular weight excluding hydrogens is 184 g/mol. The summed E-state index contributed by atoms with van der Waals surface area (Å²) in [7, 11) is 0. The standard InChI is InChI=1S/C11H13ClO/c1-8(6-9(2)13)10-4-3-5-11(12)7-10/h3-5,7-8H,6H2,1-2H3. The minimum Gasteiger partial charge on any atom is -0.300 e. The summed E-state index contributed by atoms with van der Waals surface area (Å²) >= 11 is 5.84. The van der Waals surface area contributed by atoms with Crippen LogP contribution in [0.1, 0.15) is 31.7 Å². The van der Waals surface area contributed by atoms with Crippen molar-refractivity contribution in [2.24, 2.45) is 0 Å². The number of Topliss-reactive ketones (excluding diaryl/α,β-unsaturated/α-hetero) is 1. The topological polar surface area (TPSA) is 17.1 Å². The molecule has 1 atom stereocenters. The first kappa shape index (κ1) is 10.3. The maximum atomic E-state index is 10.9. The Morgan fingerprint density at radius 3 is 2.77 bits per heavy atom. The summed E-state index contributed by atoms with van der Waals surface area (Å²) in [6.45, 7) is 3.65. The van der Waals surface area contributed by atoms with E-state index in [0.717, 1.165) is 10.6 Å². The SMILES string of the molecule is CC(=O)CC(C)c1cccc(Cl)c1. The third kappa shape index (κ3) is 3.19. The van der Waals surface area contributed by atoms with Crippen molar-refractivity contribution in [2.75, 3.05) is 0 Å². The first-order chi connectivity index (χ1) is 6.09. The fourth-order valence-electron chi connectivity index (χ4n) is 1.36. The average molecular weight is 197 g/mol. The van der Waals surface area contributed by atoms with E-state index in [1.807, 2.05) is 31.2 Å². The molecule has 0 aliphatic rings. The van der Waals surface area contributed by atoms with Crippen LogP contribution in [-0.4, -0.2) is 5.78 Å². The van der Waals surface area contributed by atoms with Crippen molar-refractivity contribution < 1.29 is 4.79 Å². The van der Waals surface area contributed by atoms with E-state index in [1.165, 1.54) is 0 Å². The van der Waals surface area contributed by atoms with Crippen molar-refractivity contribution in [3.05, 3.63) is 34.9 Å². The maximum Gasteiger partial charge on any atom is 0.130 e. The number of ketones is 1. The Kier molecular flexibility index (Phi) is 3.49. The van der Waals surface area contributed by atoms with Crippen molar-refractivity contribution in [2.45, 2.75) is 26.2 Å². The van der Waals surface area contributed by atoms with Crippen LogP contribution < -0.4 is 0 Å². The second-order valence-corrected chi connectivity index (χ2v) is 3.80. The molecule has 0 aliphatic carbocycles. The fraction of sp³-hybridized carbons (Fsp3) is 0.364. The third-order valence-electron chi connectivity index (χ3n) is 2.01. The Morgan fingerprint density at radius 2 is 2.23 bits per heavy atom. The Hall–Kier alpha value is -0.820. The highest BCUT2D eigenvalue weighted by Gasteiger charge is 2.07. The molecule has 0 spiro atoms. The molecular formula is C11H13ClO. The van der Waals surface area contributed by atoms with E-state index in [1.54, 1.807) is 6.92 Å². The van der Waals surface area contributed by atoms with Gasteiger partial charge < -0.3 is 4.79 Å². The van der Waals surface area contributed by atoms with Gasteiger partial charge >= 0.3 is 0 Å². The van der Waals surface area contributed by atoms with Crippen LogP contribution in [0.4, 0.5) is 0 Å². The third-order valence-corrected chi connectivity index (χ3v) is 2.25. The highest BCUT2D eigenvalue weighted by molar-refractivity contribution is 6.30. The largest absolute Gasteiger partial charge is 0.300 e. The van der Waals surface area contributed by atoms with Gasteiger partial charge in [0.05, 0.1) is 0 Å². The second-order valence-electron chi connectivity index (χ2n) is 3.36. The van der Waals surface area contributed by atoms with E-state index >= 15 is 0 Å². The summed E-state index contributed by atoms with van der Waals surface area (Å²) in [5.41, 5.74) is 1.13. The highest BCUT2D eigenvalue weighted by Crippen LogP contribution is 2.21. The number of carbonyl (C=O) groups is 1. The summed E-state index contributed by atoms with van der Waals surface area (Å²) in [6, 6.07) is 7.66. The molecule has 2 heteroatoms. The molecule has 1 rings (SSSR count). The van der Waals surface area contributed by atoms with Gasteiger partial charge in [0.1, 0.15) is 5.78 Å². The van der Waals surface area contributed by atoms with Crippen molar-refractivity contribution in [1.29, 1.82) is 0 Å². The van der Waals surface area contributed by atoms with Gasteiger partial charge in [-0.1, -0.05) is 30.7 Å². The van der Waals surface area contributed by atoms with E-state index in [9.17, 15) is 4.79 Å².